The number of aromatic nitrogens is 1. The normalized spacial score (nSPS) is 12.0. The lowest BCUT2D eigenvalue weighted by Crippen LogP contribution is -2.33. The number of hydrogen-bond acceptors (Lipinski definition) is 4. The maximum atomic E-state index is 12.0. The highest BCUT2D eigenvalue weighted by molar-refractivity contribution is 6.43. The standard InChI is InChI=1S/C16H17ClN2O3/c1-9(14-10(2)19-22-11(14)3)8-18-16(21)15(20)12-4-6-13(17)7-5-12/h4-7,9H,8H2,1-3H3,(H,18,21)/t9-/m1/s1. The summed E-state index contributed by atoms with van der Waals surface area (Å²) in [5, 5.41) is 7.05. The van der Waals surface area contributed by atoms with E-state index in [1.165, 1.54) is 12.1 Å². The Kier molecular flexibility index (Phi) is 4.98. The van der Waals surface area contributed by atoms with Crippen molar-refractivity contribution < 1.29 is 14.1 Å². The molecule has 6 heteroatoms. The van der Waals surface area contributed by atoms with E-state index >= 15 is 0 Å². The van der Waals surface area contributed by atoms with Crippen LogP contribution in [0.25, 0.3) is 0 Å². The predicted octanol–water partition coefficient (Wildman–Crippen LogP) is 3.05. The SMILES string of the molecule is Cc1noc(C)c1[C@H](C)CNC(=O)C(=O)c1ccc(Cl)cc1. The highest BCUT2D eigenvalue weighted by Crippen LogP contribution is 2.22. The first-order chi connectivity index (χ1) is 10.4. The number of carbonyl (C=O) groups excluding carboxylic acids is 2. The van der Waals surface area contributed by atoms with E-state index in [2.05, 4.69) is 10.5 Å². The van der Waals surface area contributed by atoms with Gasteiger partial charge in [0.2, 0.25) is 5.78 Å². The number of amides is 1. The third-order valence-electron chi connectivity index (χ3n) is 3.46. The molecule has 1 N–H and O–H groups in total. The molecule has 1 heterocycles. The van der Waals surface area contributed by atoms with E-state index < -0.39 is 11.7 Å². The van der Waals surface area contributed by atoms with Crippen LogP contribution in [0.4, 0.5) is 0 Å². The van der Waals surface area contributed by atoms with Crippen molar-refractivity contribution in [2.24, 2.45) is 0 Å². The Morgan fingerprint density at radius 2 is 1.91 bits per heavy atom. The average Bonchev–Trinajstić information content (AvgIpc) is 2.83. The monoisotopic (exact) mass is 320 g/mol. The van der Waals surface area contributed by atoms with Crippen molar-refractivity contribution >= 4 is 23.3 Å². The average molecular weight is 321 g/mol. The molecule has 1 aromatic carbocycles. The number of hydrogen-bond donors (Lipinski definition) is 1. The molecule has 116 valence electrons. The fourth-order valence-corrected chi connectivity index (χ4v) is 2.48. The second kappa shape index (κ2) is 6.75. The minimum absolute atomic E-state index is 0.00761. The molecule has 0 fully saturated rings. The first-order valence-corrected chi connectivity index (χ1v) is 7.28. The molecule has 1 atom stereocenters. The van der Waals surface area contributed by atoms with Crippen molar-refractivity contribution in [3.63, 3.8) is 0 Å². The van der Waals surface area contributed by atoms with Crippen LogP contribution in [0.2, 0.25) is 5.02 Å². The number of nitrogens with zero attached hydrogens (tertiary/aromatic N) is 1. The van der Waals surface area contributed by atoms with Crippen molar-refractivity contribution in [1.82, 2.24) is 10.5 Å². The summed E-state index contributed by atoms with van der Waals surface area (Å²) >= 11 is 5.76. The number of rotatable bonds is 5. The Morgan fingerprint density at radius 3 is 2.45 bits per heavy atom. The Morgan fingerprint density at radius 1 is 1.27 bits per heavy atom. The van der Waals surface area contributed by atoms with Gasteiger partial charge in [0.1, 0.15) is 5.76 Å². The largest absolute Gasteiger partial charge is 0.361 e. The van der Waals surface area contributed by atoms with Crippen LogP contribution >= 0.6 is 11.6 Å². The molecule has 0 aliphatic rings. The van der Waals surface area contributed by atoms with Gasteiger partial charge in [-0.3, -0.25) is 9.59 Å². The number of nitrogens with one attached hydrogen (secondary N) is 1. The Bertz CT molecular complexity index is 672. The summed E-state index contributed by atoms with van der Waals surface area (Å²) in [5.41, 5.74) is 2.06. The zero-order valence-electron chi connectivity index (χ0n) is 12.6. The summed E-state index contributed by atoms with van der Waals surface area (Å²) in [7, 11) is 0. The van der Waals surface area contributed by atoms with E-state index in [1.807, 2.05) is 20.8 Å². The van der Waals surface area contributed by atoms with Gasteiger partial charge in [-0.05, 0) is 38.1 Å². The van der Waals surface area contributed by atoms with Gasteiger partial charge in [0.25, 0.3) is 5.91 Å². The number of Topliss-reactive ketones (excluding diaryl/α,β-unsaturated/α-hetero) is 1. The van der Waals surface area contributed by atoms with Gasteiger partial charge in [-0.15, -0.1) is 0 Å². The van der Waals surface area contributed by atoms with Crippen LogP contribution in [0.15, 0.2) is 28.8 Å². The molecule has 0 saturated carbocycles. The lowest BCUT2D eigenvalue weighted by Gasteiger charge is -2.12. The second-order valence-electron chi connectivity index (χ2n) is 5.18. The summed E-state index contributed by atoms with van der Waals surface area (Å²) in [5.74, 6) is -0.486. The van der Waals surface area contributed by atoms with Crippen LogP contribution in [0.3, 0.4) is 0 Å². The summed E-state index contributed by atoms with van der Waals surface area (Å²) in [4.78, 5) is 23.9. The highest BCUT2D eigenvalue weighted by Gasteiger charge is 2.20. The summed E-state index contributed by atoms with van der Waals surface area (Å²) in [6.07, 6.45) is 0. The lowest BCUT2D eigenvalue weighted by atomic mass is 9.99. The van der Waals surface area contributed by atoms with Crippen LogP contribution in [0.1, 0.15) is 40.2 Å². The highest BCUT2D eigenvalue weighted by atomic mass is 35.5. The molecule has 0 aliphatic carbocycles. The summed E-state index contributed by atoms with van der Waals surface area (Å²) in [6.45, 7) is 5.95. The van der Waals surface area contributed by atoms with E-state index in [-0.39, 0.29) is 5.92 Å². The molecule has 0 spiro atoms. The van der Waals surface area contributed by atoms with Crippen LogP contribution in [-0.2, 0) is 4.79 Å². The molecule has 0 saturated heterocycles. The predicted molar refractivity (Wildman–Crippen MR) is 83.2 cm³/mol. The van der Waals surface area contributed by atoms with Crippen molar-refractivity contribution in [3.8, 4) is 0 Å². The van der Waals surface area contributed by atoms with Crippen LogP contribution in [-0.4, -0.2) is 23.4 Å². The van der Waals surface area contributed by atoms with Gasteiger partial charge in [-0.1, -0.05) is 23.7 Å². The van der Waals surface area contributed by atoms with Gasteiger partial charge < -0.3 is 9.84 Å². The van der Waals surface area contributed by atoms with Crippen molar-refractivity contribution in [2.75, 3.05) is 6.54 Å². The van der Waals surface area contributed by atoms with Crippen LogP contribution < -0.4 is 5.32 Å². The number of benzene rings is 1. The van der Waals surface area contributed by atoms with E-state index in [4.69, 9.17) is 16.1 Å². The van der Waals surface area contributed by atoms with Gasteiger partial charge in [0.05, 0.1) is 5.69 Å². The molecule has 1 aromatic heterocycles. The quantitative estimate of drug-likeness (QED) is 0.679. The number of carbonyl (C=O) groups is 2. The first kappa shape index (κ1) is 16.2. The fraction of sp³-hybridized carbons (Fsp3) is 0.312. The fourth-order valence-electron chi connectivity index (χ4n) is 2.35. The minimum atomic E-state index is -0.638. The summed E-state index contributed by atoms with van der Waals surface area (Å²) in [6, 6.07) is 6.22. The topological polar surface area (TPSA) is 72.2 Å². The molecular formula is C16H17ClN2O3. The zero-order chi connectivity index (χ0) is 16.3. The van der Waals surface area contributed by atoms with E-state index in [0.717, 1.165) is 17.0 Å². The lowest BCUT2D eigenvalue weighted by molar-refractivity contribution is -0.117. The molecule has 1 amide bonds. The van der Waals surface area contributed by atoms with Crippen molar-refractivity contribution in [3.05, 3.63) is 51.9 Å². The number of ketones is 1. The third kappa shape index (κ3) is 3.54. The maximum Gasteiger partial charge on any atom is 0.292 e. The van der Waals surface area contributed by atoms with Gasteiger partial charge >= 0.3 is 0 Å². The zero-order valence-corrected chi connectivity index (χ0v) is 13.4. The molecule has 2 aromatic rings. The van der Waals surface area contributed by atoms with E-state index in [0.29, 0.717) is 17.1 Å². The van der Waals surface area contributed by atoms with Gasteiger partial charge in [0, 0.05) is 28.6 Å². The third-order valence-corrected chi connectivity index (χ3v) is 3.71. The first-order valence-electron chi connectivity index (χ1n) is 6.91. The van der Waals surface area contributed by atoms with Gasteiger partial charge in [0.15, 0.2) is 0 Å². The molecule has 2 rings (SSSR count). The summed E-state index contributed by atoms with van der Waals surface area (Å²) < 4.78 is 5.11. The Hall–Kier alpha value is -2.14. The molecule has 0 bridgehead atoms. The molecule has 0 aliphatic heterocycles. The Balaban J connectivity index is 1.98. The molecule has 22 heavy (non-hydrogen) atoms. The number of halogens is 1. The second-order valence-corrected chi connectivity index (χ2v) is 5.62. The van der Waals surface area contributed by atoms with E-state index in [9.17, 15) is 9.59 Å². The molecular weight excluding hydrogens is 304 g/mol. The van der Waals surface area contributed by atoms with Gasteiger partial charge in [-0.2, -0.15) is 0 Å². The van der Waals surface area contributed by atoms with Gasteiger partial charge in [-0.25, -0.2) is 0 Å². The van der Waals surface area contributed by atoms with E-state index in [1.54, 1.807) is 12.1 Å². The number of aryl methyl sites for hydroxylation is 2. The minimum Gasteiger partial charge on any atom is -0.361 e. The Labute approximate surface area is 133 Å². The molecule has 0 unspecified atom stereocenters. The molecule has 0 radical (unpaired) electrons. The molecule has 5 nitrogen and oxygen atoms in total. The maximum absolute atomic E-state index is 12.0. The van der Waals surface area contributed by atoms with Crippen molar-refractivity contribution in [1.29, 1.82) is 0 Å². The van der Waals surface area contributed by atoms with Crippen LogP contribution in [0, 0.1) is 13.8 Å². The smallest absolute Gasteiger partial charge is 0.292 e. The van der Waals surface area contributed by atoms with Crippen LogP contribution in [0.5, 0.6) is 0 Å². The van der Waals surface area contributed by atoms with Crippen molar-refractivity contribution in [2.45, 2.75) is 26.7 Å².